The zero-order chi connectivity index (χ0) is 15.2. The first kappa shape index (κ1) is 16.8. The van der Waals surface area contributed by atoms with Gasteiger partial charge in [-0.25, -0.2) is 0 Å². The van der Waals surface area contributed by atoms with Crippen molar-refractivity contribution in [3.63, 3.8) is 0 Å². The van der Waals surface area contributed by atoms with Crippen LogP contribution in [-0.2, 0) is 11.8 Å². The molecule has 0 saturated heterocycles. The van der Waals surface area contributed by atoms with Gasteiger partial charge in [-0.3, -0.25) is 0 Å². The van der Waals surface area contributed by atoms with E-state index in [1.807, 2.05) is 6.92 Å². The van der Waals surface area contributed by atoms with Gasteiger partial charge in [-0.1, -0.05) is 58.9 Å². The minimum Gasteiger partial charge on any atom is -0.494 e. The van der Waals surface area contributed by atoms with Crippen LogP contribution in [0.2, 0.25) is 0 Å². The highest BCUT2D eigenvalue weighted by atomic mass is 16.5. The van der Waals surface area contributed by atoms with E-state index in [2.05, 4.69) is 65.0 Å². The van der Waals surface area contributed by atoms with Crippen molar-refractivity contribution in [2.24, 2.45) is 5.92 Å². The SMILES string of the molecule is CC/C=C\C(C)Cc1ccc(OCC)c(C(C)(C)C)c1. The van der Waals surface area contributed by atoms with Crippen LogP contribution in [0.5, 0.6) is 5.75 Å². The molecule has 0 heterocycles. The number of allylic oxidation sites excluding steroid dienone is 2. The van der Waals surface area contributed by atoms with Gasteiger partial charge in [0, 0.05) is 0 Å². The lowest BCUT2D eigenvalue weighted by molar-refractivity contribution is 0.329. The van der Waals surface area contributed by atoms with Crippen LogP contribution in [0.15, 0.2) is 30.4 Å². The Morgan fingerprint density at radius 3 is 2.45 bits per heavy atom. The molecule has 0 aromatic heterocycles. The van der Waals surface area contributed by atoms with Crippen LogP contribution in [0.4, 0.5) is 0 Å². The van der Waals surface area contributed by atoms with Crippen LogP contribution in [0.1, 0.15) is 59.1 Å². The molecule has 0 spiro atoms. The molecule has 1 unspecified atom stereocenters. The molecule has 1 heteroatoms. The van der Waals surface area contributed by atoms with E-state index in [1.165, 1.54) is 11.1 Å². The molecule has 112 valence electrons. The fourth-order valence-electron chi connectivity index (χ4n) is 2.38. The van der Waals surface area contributed by atoms with Gasteiger partial charge >= 0.3 is 0 Å². The number of ether oxygens (including phenoxy) is 1. The van der Waals surface area contributed by atoms with Crippen LogP contribution < -0.4 is 4.74 Å². The van der Waals surface area contributed by atoms with Gasteiger partial charge in [0.25, 0.3) is 0 Å². The predicted molar refractivity (Wildman–Crippen MR) is 88.6 cm³/mol. The highest BCUT2D eigenvalue weighted by Crippen LogP contribution is 2.32. The summed E-state index contributed by atoms with van der Waals surface area (Å²) in [7, 11) is 0. The Labute approximate surface area is 125 Å². The van der Waals surface area contributed by atoms with Crippen molar-refractivity contribution in [2.75, 3.05) is 6.61 Å². The van der Waals surface area contributed by atoms with Crippen LogP contribution >= 0.6 is 0 Å². The summed E-state index contributed by atoms with van der Waals surface area (Å²) in [5.41, 5.74) is 2.82. The molecule has 0 saturated carbocycles. The summed E-state index contributed by atoms with van der Waals surface area (Å²) in [6, 6.07) is 6.66. The van der Waals surface area contributed by atoms with Gasteiger partial charge < -0.3 is 4.74 Å². The highest BCUT2D eigenvalue weighted by molar-refractivity contribution is 5.41. The van der Waals surface area contributed by atoms with E-state index in [0.29, 0.717) is 5.92 Å². The topological polar surface area (TPSA) is 9.23 Å². The molecule has 1 atom stereocenters. The minimum atomic E-state index is 0.114. The maximum absolute atomic E-state index is 5.77. The second-order valence-corrected chi connectivity index (χ2v) is 6.53. The van der Waals surface area contributed by atoms with Crippen molar-refractivity contribution < 1.29 is 4.74 Å². The van der Waals surface area contributed by atoms with Gasteiger partial charge in [-0.15, -0.1) is 0 Å². The van der Waals surface area contributed by atoms with Gasteiger partial charge in [-0.05, 0) is 48.3 Å². The fourth-order valence-corrected chi connectivity index (χ4v) is 2.38. The smallest absolute Gasteiger partial charge is 0.123 e. The van der Waals surface area contributed by atoms with E-state index >= 15 is 0 Å². The first-order chi connectivity index (χ1) is 9.38. The van der Waals surface area contributed by atoms with Crippen LogP contribution in [0.3, 0.4) is 0 Å². The molecule has 1 rings (SSSR count). The Hall–Kier alpha value is -1.24. The van der Waals surface area contributed by atoms with Crippen molar-refractivity contribution in [1.29, 1.82) is 0 Å². The Bertz CT molecular complexity index is 438. The first-order valence-corrected chi connectivity index (χ1v) is 7.81. The highest BCUT2D eigenvalue weighted by Gasteiger charge is 2.19. The third kappa shape index (κ3) is 5.03. The van der Waals surface area contributed by atoms with Gasteiger partial charge in [0.1, 0.15) is 5.75 Å². The zero-order valence-electron chi connectivity index (χ0n) is 14.0. The molecule has 0 bridgehead atoms. The van der Waals surface area contributed by atoms with Crippen molar-refractivity contribution in [3.8, 4) is 5.75 Å². The molecular weight excluding hydrogens is 244 g/mol. The zero-order valence-corrected chi connectivity index (χ0v) is 14.0. The minimum absolute atomic E-state index is 0.114. The molecule has 0 radical (unpaired) electrons. The normalized spacial score (nSPS) is 13.7. The third-order valence-corrected chi connectivity index (χ3v) is 3.41. The van der Waals surface area contributed by atoms with Crippen LogP contribution in [0, 0.1) is 5.92 Å². The summed E-state index contributed by atoms with van der Waals surface area (Å²) < 4.78 is 5.77. The summed E-state index contributed by atoms with van der Waals surface area (Å²) >= 11 is 0. The maximum Gasteiger partial charge on any atom is 0.123 e. The Kier molecular flexibility index (Phi) is 6.32. The molecular formula is C19H30O. The quantitative estimate of drug-likeness (QED) is 0.620. The van der Waals surface area contributed by atoms with E-state index in [4.69, 9.17) is 4.74 Å². The lowest BCUT2D eigenvalue weighted by atomic mass is 9.84. The first-order valence-electron chi connectivity index (χ1n) is 7.81. The summed E-state index contributed by atoms with van der Waals surface area (Å²) in [6.07, 6.45) is 6.77. The summed E-state index contributed by atoms with van der Waals surface area (Å²) in [5, 5.41) is 0. The fraction of sp³-hybridized carbons (Fsp3) is 0.579. The molecule has 0 aliphatic heterocycles. The van der Waals surface area contributed by atoms with E-state index < -0.39 is 0 Å². The lowest BCUT2D eigenvalue weighted by Crippen LogP contribution is -2.14. The van der Waals surface area contributed by atoms with E-state index in [-0.39, 0.29) is 5.41 Å². The Balaban J connectivity index is 2.97. The van der Waals surface area contributed by atoms with Crippen molar-refractivity contribution in [1.82, 2.24) is 0 Å². The maximum atomic E-state index is 5.77. The van der Waals surface area contributed by atoms with Crippen molar-refractivity contribution >= 4 is 0 Å². The molecule has 1 aromatic carbocycles. The summed E-state index contributed by atoms with van der Waals surface area (Å²) in [5.74, 6) is 1.61. The largest absolute Gasteiger partial charge is 0.494 e. The molecule has 20 heavy (non-hydrogen) atoms. The monoisotopic (exact) mass is 274 g/mol. The third-order valence-electron chi connectivity index (χ3n) is 3.41. The molecule has 0 N–H and O–H groups in total. The van der Waals surface area contributed by atoms with Gasteiger partial charge in [0.2, 0.25) is 0 Å². The lowest BCUT2D eigenvalue weighted by Gasteiger charge is -2.24. The second kappa shape index (κ2) is 7.52. The van der Waals surface area contributed by atoms with Gasteiger partial charge in [0.05, 0.1) is 6.61 Å². The number of benzene rings is 1. The van der Waals surface area contributed by atoms with Gasteiger partial charge in [-0.2, -0.15) is 0 Å². The van der Waals surface area contributed by atoms with Gasteiger partial charge in [0.15, 0.2) is 0 Å². The number of hydrogen-bond acceptors (Lipinski definition) is 1. The molecule has 0 aliphatic carbocycles. The predicted octanol–water partition coefficient (Wildman–Crippen LogP) is 5.53. The van der Waals surface area contributed by atoms with Crippen LogP contribution in [0.25, 0.3) is 0 Å². The Morgan fingerprint density at radius 2 is 1.90 bits per heavy atom. The number of hydrogen-bond donors (Lipinski definition) is 0. The second-order valence-electron chi connectivity index (χ2n) is 6.53. The average Bonchev–Trinajstić information content (AvgIpc) is 2.37. The molecule has 0 fully saturated rings. The average molecular weight is 274 g/mol. The van der Waals surface area contributed by atoms with Crippen molar-refractivity contribution in [2.45, 2.75) is 59.8 Å². The van der Waals surface area contributed by atoms with E-state index in [9.17, 15) is 0 Å². The molecule has 0 amide bonds. The molecule has 1 aromatic rings. The van der Waals surface area contributed by atoms with E-state index in [0.717, 1.165) is 25.2 Å². The van der Waals surface area contributed by atoms with E-state index in [1.54, 1.807) is 0 Å². The van der Waals surface area contributed by atoms with Crippen LogP contribution in [-0.4, -0.2) is 6.61 Å². The standard InChI is InChI=1S/C19H30O/c1-7-9-10-15(3)13-16-11-12-18(20-8-2)17(14-16)19(4,5)6/h9-12,14-15H,7-8,13H2,1-6H3/b10-9-. The van der Waals surface area contributed by atoms with Crippen molar-refractivity contribution in [3.05, 3.63) is 41.5 Å². The number of rotatable bonds is 6. The Morgan fingerprint density at radius 1 is 1.20 bits per heavy atom. The summed E-state index contributed by atoms with van der Waals surface area (Å²) in [6.45, 7) is 14.0. The summed E-state index contributed by atoms with van der Waals surface area (Å²) in [4.78, 5) is 0. The molecule has 0 aliphatic rings. The molecule has 1 nitrogen and oxygen atoms in total.